The smallest absolute Gasteiger partial charge is 0.107 e. The van der Waals surface area contributed by atoms with E-state index in [0.29, 0.717) is 11.6 Å². The van der Waals surface area contributed by atoms with Crippen molar-refractivity contribution in [2.45, 2.75) is 6.54 Å². The van der Waals surface area contributed by atoms with Gasteiger partial charge in [0.05, 0.1) is 0 Å². The van der Waals surface area contributed by atoms with Gasteiger partial charge in [-0.2, -0.15) is 0 Å². The highest BCUT2D eigenvalue weighted by molar-refractivity contribution is 9.10. The Kier molecular flexibility index (Phi) is 2.65. The SMILES string of the molecule is NCc1cnc(Br)cc1Cl. The number of hydrogen-bond acceptors (Lipinski definition) is 2. The van der Waals surface area contributed by atoms with Crippen molar-refractivity contribution >= 4 is 27.5 Å². The van der Waals surface area contributed by atoms with Crippen molar-refractivity contribution in [1.82, 2.24) is 4.98 Å². The predicted octanol–water partition coefficient (Wildman–Crippen LogP) is 1.96. The third kappa shape index (κ3) is 1.68. The fourth-order valence-corrected chi connectivity index (χ4v) is 1.28. The largest absolute Gasteiger partial charge is 0.326 e. The summed E-state index contributed by atoms with van der Waals surface area (Å²) in [6.45, 7) is 0.430. The van der Waals surface area contributed by atoms with Crippen LogP contribution in [0.1, 0.15) is 5.56 Å². The van der Waals surface area contributed by atoms with Crippen molar-refractivity contribution in [2.24, 2.45) is 5.73 Å². The van der Waals surface area contributed by atoms with Gasteiger partial charge in [0, 0.05) is 23.3 Å². The molecule has 10 heavy (non-hydrogen) atoms. The van der Waals surface area contributed by atoms with Crippen LogP contribution in [0.4, 0.5) is 0 Å². The molecule has 1 rings (SSSR count). The van der Waals surface area contributed by atoms with Crippen LogP contribution in [-0.2, 0) is 6.54 Å². The van der Waals surface area contributed by atoms with Gasteiger partial charge in [-0.05, 0) is 22.0 Å². The fourth-order valence-electron chi connectivity index (χ4n) is 0.586. The lowest BCUT2D eigenvalue weighted by molar-refractivity contribution is 1.04. The Hall–Kier alpha value is -0.120. The fraction of sp³-hybridized carbons (Fsp3) is 0.167. The summed E-state index contributed by atoms with van der Waals surface area (Å²) in [5.41, 5.74) is 6.23. The second-order valence-corrected chi connectivity index (χ2v) is 3.02. The number of rotatable bonds is 1. The van der Waals surface area contributed by atoms with Gasteiger partial charge >= 0.3 is 0 Å². The minimum atomic E-state index is 0.430. The molecule has 0 atom stereocenters. The Labute approximate surface area is 72.5 Å². The van der Waals surface area contributed by atoms with E-state index in [-0.39, 0.29) is 0 Å². The average Bonchev–Trinajstić information content (AvgIpc) is 1.88. The quantitative estimate of drug-likeness (QED) is 0.736. The molecule has 0 spiro atoms. The second-order valence-electron chi connectivity index (χ2n) is 1.80. The van der Waals surface area contributed by atoms with E-state index in [0.717, 1.165) is 10.2 Å². The van der Waals surface area contributed by atoms with Crippen LogP contribution in [0, 0.1) is 0 Å². The van der Waals surface area contributed by atoms with Crippen molar-refractivity contribution < 1.29 is 0 Å². The number of nitrogens with zero attached hydrogens (tertiary/aromatic N) is 1. The van der Waals surface area contributed by atoms with Crippen molar-refractivity contribution in [3.63, 3.8) is 0 Å². The summed E-state index contributed by atoms with van der Waals surface area (Å²) in [5, 5.41) is 0.657. The summed E-state index contributed by atoms with van der Waals surface area (Å²) in [6, 6.07) is 1.73. The molecule has 54 valence electrons. The Bertz CT molecular complexity index is 239. The molecule has 0 radical (unpaired) electrons. The lowest BCUT2D eigenvalue weighted by Gasteiger charge is -1.98. The number of pyridine rings is 1. The first-order valence-corrected chi connectivity index (χ1v) is 3.91. The van der Waals surface area contributed by atoms with Gasteiger partial charge in [-0.15, -0.1) is 0 Å². The van der Waals surface area contributed by atoms with Gasteiger partial charge in [0.25, 0.3) is 0 Å². The van der Waals surface area contributed by atoms with Gasteiger partial charge in [-0.3, -0.25) is 0 Å². The van der Waals surface area contributed by atoms with Crippen LogP contribution in [0.25, 0.3) is 0 Å². The summed E-state index contributed by atoms with van der Waals surface area (Å²) in [4.78, 5) is 3.96. The van der Waals surface area contributed by atoms with Gasteiger partial charge in [-0.1, -0.05) is 11.6 Å². The zero-order valence-corrected chi connectivity index (χ0v) is 7.48. The molecule has 0 aliphatic carbocycles. The summed E-state index contributed by atoms with van der Waals surface area (Å²) in [6.07, 6.45) is 1.66. The minimum Gasteiger partial charge on any atom is -0.326 e. The zero-order valence-electron chi connectivity index (χ0n) is 5.14. The molecule has 4 heteroatoms. The second kappa shape index (κ2) is 3.32. The van der Waals surface area contributed by atoms with Crippen molar-refractivity contribution in [3.8, 4) is 0 Å². The summed E-state index contributed by atoms with van der Waals surface area (Å²) < 4.78 is 0.731. The van der Waals surface area contributed by atoms with E-state index < -0.39 is 0 Å². The third-order valence-electron chi connectivity index (χ3n) is 1.12. The van der Waals surface area contributed by atoms with E-state index in [4.69, 9.17) is 17.3 Å². The van der Waals surface area contributed by atoms with E-state index >= 15 is 0 Å². The van der Waals surface area contributed by atoms with E-state index in [1.807, 2.05) is 0 Å². The number of halogens is 2. The first-order chi connectivity index (χ1) is 4.74. The Morgan fingerprint density at radius 1 is 1.70 bits per heavy atom. The van der Waals surface area contributed by atoms with Crippen LogP contribution < -0.4 is 5.73 Å². The molecule has 1 heterocycles. The molecule has 0 aromatic carbocycles. The molecule has 0 saturated heterocycles. The molecule has 1 aromatic rings. The van der Waals surface area contributed by atoms with E-state index in [2.05, 4.69) is 20.9 Å². The van der Waals surface area contributed by atoms with Gasteiger partial charge in [0.2, 0.25) is 0 Å². The maximum atomic E-state index is 5.78. The molecular weight excluding hydrogens is 215 g/mol. The summed E-state index contributed by atoms with van der Waals surface area (Å²) in [7, 11) is 0. The standard InChI is InChI=1S/C6H6BrClN2/c7-6-1-5(8)4(2-9)3-10-6/h1,3H,2,9H2. The van der Waals surface area contributed by atoms with Crippen molar-refractivity contribution in [2.75, 3.05) is 0 Å². The minimum absolute atomic E-state index is 0.430. The van der Waals surface area contributed by atoms with Gasteiger partial charge < -0.3 is 5.73 Å². The van der Waals surface area contributed by atoms with Crippen molar-refractivity contribution in [3.05, 3.63) is 27.5 Å². The van der Waals surface area contributed by atoms with Gasteiger partial charge in [0.15, 0.2) is 0 Å². The first-order valence-electron chi connectivity index (χ1n) is 2.74. The Morgan fingerprint density at radius 3 is 2.90 bits per heavy atom. The highest BCUT2D eigenvalue weighted by atomic mass is 79.9. The molecule has 0 bridgehead atoms. The van der Waals surface area contributed by atoms with E-state index in [1.54, 1.807) is 12.3 Å². The van der Waals surface area contributed by atoms with Gasteiger partial charge in [0.1, 0.15) is 4.60 Å². The molecule has 0 aliphatic rings. The molecule has 2 N–H and O–H groups in total. The van der Waals surface area contributed by atoms with Crippen LogP contribution >= 0.6 is 27.5 Å². The number of nitrogens with two attached hydrogens (primary N) is 1. The van der Waals surface area contributed by atoms with Crippen LogP contribution in [0.15, 0.2) is 16.9 Å². The molecular formula is C6H6BrClN2. The lowest BCUT2D eigenvalue weighted by Crippen LogP contribution is -1.97. The first kappa shape index (κ1) is 7.98. The van der Waals surface area contributed by atoms with E-state index in [1.165, 1.54) is 0 Å². The van der Waals surface area contributed by atoms with Crippen molar-refractivity contribution in [1.29, 1.82) is 0 Å². The lowest BCUT2D eigenvalue weighted by atomic mass is 10.3. The average molecular weight is 221 g/mol. The van der Waals surface area contributed by atoms with Crippen LogP contribution in [0.2, 0.25) is 5.02 Å². The maximum Gasteiger partial charge on any atom is 0.107 e. The predicted molar refractivity (Wildman–Crippen MR) is 44.8 cm³/mol. The highest BCUT2D eigenvalue weighted by Gasteiger charge is 1.97. The highest BCUT2D eigenvalue weighted by Crippen LogP contribution is 2.17. The topological polar surface area (TPSA) is 38.9 Å². The van der Waals surface area contributed by atoms with E-state index in [9.17, 15) is 0 Å². The molecule has 0 unspecified atom stereocenters. The molecule has 0 saturated carbocycles. The van der Waals surface area contributed by atoms with Gasteiger partial charge in [-0.25, -0.2) is 4.98 Å². The normalized spacial score (nSPS) is 9.90. The summed E-state index contributed by atoms with van der Waals surface area (Å²) in [5.74, 6) is 0. The Morgan fingerprint density at radius 2 is 2.40 bits per heavy atom. The zero-order chi connectivity index (χ0) is 7.56. The van der Waals surface area contributed by atoms with Crippen LogP contribution in [-0.4, -0.2) is 4.98 Å². The number of hydrogen-bond donors (Lipinski definition) is 1. The Balaban J connectivity index is 3.07. The third-order valence-corrected chi connectivity index (χ3v) is 1.90. The molecule has 1 aromatic heterocycles. The molecule has 0 fully saturated rings. The monoisotopic (exact) mass is 220 g/mol. The molecule has 0 amide bonds. The summed E-state index contributed by atoms with van der Waals surface area (Å²) >= 11 is 8.97. The maximum absolute atomic E-state index is 5.78. The van der Waals surface area contributed by atoms with Crippen LogP contribution in [0.3, 0.4) is 0 Å². The van der Waals surface area contributed by atoms with Crippen LogP contribution in [0.5, 0.6) is 0 Å². The molecule has 0 aliphatic heterocycles. The number of aromatic nitrogens is 1. The molecule has 2 nitrogen and oxygen atoms in total.